The first-order chi connectivity index (χ1) is 11.0. The summed E-state index contributed by atoms with van der Waals surface area (Å²) in [5, 5.41) is 14.8. The normalized spacial score (nSPS) is 13.2. The summed E-state index contributed by atoms with van der Waals surface area (Å²) in [4.78, 5) is 23.7. The van der Waals surface area contributed by atoms with Crippen LogP contribution in [0.2, 0.25) is 0 Å². The van der Waals surface area contributed by atoms with Crippen LogP contribution in [0.3, 0.4) is 0 Å². The predicted octanol–water partition coefficient (Wildman–Crippen LogP) is 1.64. The number of hydrogen-bond acceptors (Lipinski definition) is 4. The molecule has 0 spiro atoms. The number of nitrogens with one attached hydrogen (secondary N) is 2. The van der Waals surface area contributed by atoms with Gasteiger partial charge in [-0.3, -0.25) is 9.59 Å². The third-order valence-corrected chi connectivity index (χ3v) is 3.55. The zero-order chi connectivity index (χ0) is 17.2. The number of aliphatic hydroxyl groups is 1. The van der Waals surface area contributed by atoms with Crippen molar-refractivity contribution in [1.29, 1.82) is 0 Å². The van der Waals surface area contributed by atoms with Crippen LogP contribution in [0.15, 0.2) is 24.3 Å². The summed E-state index contributed by atoms with van der Waals surface area (Å²) in [6.45, 7) is 4.27. The fourth-order valence-corrected chi connectivity index (χ4v) is 2.01. The lowest BCUT2D eigenvalue weighted by Gasteiger charge is -2.14. The number of carbonyl (C=O) groups is 2. The van der Waals surface area contributed by atoms with Gasteiger partial charge in [-0.25, -0.2) is 0 Å². The van der Waals surface area contributed by atoms with E-state index in [2.05, 4.69) is 17.6 Å². The molecule has 0 aromatic heterocycles. The quantitative estimate of drug-likeness (QED) is 0.519. The highest BCUT2D eigenvalue weighted by Crippen LogP contribution is 2.10. The van der Waals surface area contributed by atoms with Gasteiger partial charge < -0.3 is 21.5 Å². The second-order valence-electron chi connectivity index (χ2n) is 5.65. The summed E-state index contributed by atoms with van der Waals surface area (Å²) in [6.07, 6.45) is 3.52. The zero-order valence-corrected chi connectivity index (χ0v) is 13.8. The maximum atomic E-state index is 12.0. The van der Waals surface area contributed by atoms with E-state index in [0.29, 0.717) is 17.8 Å². The fraction of sp³-hybridized carbons (Fsp3) is 0.529. The van der Waals surface area contributed by atoms with Crippen LogP contribution < -0.4 is 16.4 Å². The van der Waals surface area contributed by atoms with Gasteiger partial charge in [0.25, 0.3) is 5.91 Å². The third kappa shape index (κ3) is 6.80. The number of hydrogen-bond donors (Lipinski definition) is 4. The molecular formula is C17H27N3O3. The maximum absolute atomic E-state index is 12.0. The molecule has 0 fully saturated rings. The first kappa shape index (κ1) is 19.1. The van der Waals surface area contributed by atoms with Crippen LogP contribution in [-0.2, 0) is 4.79 Å². The van der Waals surface area contributed by atoms with Crippen molar-refractivity contribution in [3.63, 3.8) is 0 Å². The monoisotopic (exact) mass is 321 g/mol. The zero-order valence-electron chi connectivity index (χ0n) is 13.8. The molecule has 0 unspecified atom stereocenters. The number of nitrogens with two attached hydrogens (primary N) is 1. The van der Waals surface area contributed by atoms with E-state index in [4.69, 9.17) is 5.73 Å². The van der Waals surface area contributed by atoms with E-state index < -0.39 is 18.1 Å². The van der Waals surface area contributed by atoms with Crippen molar-refractivity contribution in [2.45, 2.75) is 51.7 Å². The van der Waals surface area contributed by atoms with E-state index in [0.717, 1.165) is 12.8 Å². The van der Waals surface area contributed by atoms with Gasteiger partial charge in [0.05, 0.1) is 6.10 Å². The average molecular weight is 321 g/mol. The predicted molar refractivity (Wildman–Crippen MR) is 91.2 cm³/mol. The molecule has 0 saturated heterocycles. The lowest BCUT2D eigenvalue weighted by molar-refractivity contribution is -0.119. The van der Waals surface area contributed by atoms with Crippen LogP contribution in [0.1, 0.15) is 49.9 Å². The molecule has 0 radical (unpaired) electrons. The Morgan fingerprint density at radius 1 is 1.17 bits per heavy atom. The van der Waals surface area contributed by atoms with Crippen molar-refractivity contribution in [2.24, 2.45) is 5.73 Å². The van der Waals surface area contributed by atoms with Gasteiger partial charge >= 0.3 is 0 Å². The average Bonchev–Trinajstić information content (AvgIpc) is 2.54. The molecule has 2 amide bonds. The first-order valence-electron chi connectivity index (χ1n) is 8.08. The highest BCUT2D eigenvalue weighted by atomic mass is 16.3. The largest absolute Gasteiger partial charge is 0.391 e. The van der Waals surface area contributed by atoms with E-state index >= 15 is 0 Å². The maximum Gasteiger partial charge on any atom is 0.251 e. The second kappa shape index (κ2) is 9.97. The lowest BCUT2D eigenvalue weighted by Crippen LogP contribution is -2.43. The molecule has 0 aliphatic carbocycles. The molecule has 23 heavy (non-hydrogen) atoms. The number of anilines is 1. The minimum Gasteiger partial charge on any atom is -0.391 e. The Kier molecular flexibility index (Phi) is 8.29. The Bertz CT molecular complexity index is 500. The molecule has 6 nitrogen and oxygen atoms in total. The van der Waals surface area contributed by atoms with Gasteiger partial charge in [-0.15, -0.1) is 0 Å². The fourth-order valence-electron chi connectivity index (χ4n) is 2.01. The van der Waals surface area contributed by atoms with Gasteiger partial charge in [-0.1, -0.05) is 26.2 Å². The van der Waals surface area contributed by atoms with Crippen molar-refractivity contribution in [3.05, 3.63) is 29.8 Å². The standard InChI is InChI=1S/C17H27N3O3/c1-3-4-5-6-11-19-16(22)13-7-9-14(10-8-13)20-17(23)15(18)12(2)21/h7-10,12,15,21H,3-6,11,18H2,1-2H3,(H,19,22)(H,20,23)/t12-,15+/m1/s1. The Hall–Kier alpha value is -1.92. The van der Waals surface area contributed by atoms with Crippen molar-refractivity contribution in [1.82, 2.24) is 5.32 Å². The van der Waals surface area contributed by atoms with Gasteiger partial charge in [0, 0.05) is 17.8 Å². The van der Waals surface area contributed by atoms with Gasteiger partial charge in [-0.05, 0) is 37.6 Å². The van der Waals surface area contributed by atoms with Crippen LogP contribution in [0.4, 0.5) is 5.69 Å². The summed E-state index contributed by atoms with van der Waals surface area (Å²) in [7, 11) is 0. The van der Waals surface area contributed by atoms with Gasteiger partial charge in [0.2, 0.25) is 5.91 Å². The molecule has 6 heteroatoms. The molecule has 2 atom stereocenters. The molecule has 0 aliphatic rings. The van der Waals surface area contributed by atoms with E-state index in [1.807, 2.05) is 0 Å². The number of rotatable bonds is 9. The van der Waals surface area contributed by atoms with E-state index in [-0.39, 0.29) is 5.91 Å². The van der Waals surface area contributed by atoms with E-state index in [9.17, 15) is 14.7 Å². The van der Waals surface area contributed by atoms with Crippen molar-refractivity contribution in [2.75, 3.05) is 11.9 Å². The molecule has 0 heterocycles. The molecule has 1 aromatic carbocycles. The van der Waals surface area contributed by atoms with Crippen LogP contribution in [0, 0.1) is 0 Å². The molecule has 0 aliphatic heterocycles. The highest BCUT2D eigenvalue weighted by Gasteiger charge is 2.18. The number of amides is 2. The Morgan fingerprint density at radius 3 is 2.39 bits per heavy atom. The number of unbranched alkanes of at least 4 members (excludes halogenated alkanes) is 3. The Labute approximate surface area is 137 Å². The topological polar surface area (TPSA) is 104 Å². The molecule has 1 rings (SSSR count). The SMILES string of the molecule is CCCCCCNC(=O)c1ccc(NC(=O)[C@@H](N)[C@@H](C)O)cc1. The van der Waals surface area contributed by atoms with Crippen molar-refractivity contribution >= 4 is 17.5 Å². The Balaban J connectivity index is 2.46. The molecular weight excluding hydrogens is 294 g/mol. The minimum atomic E-state index is -0.985. The summed E-state index contributed by atoms with van der Waals surface area (Å²) < 4.78 is 0. The van der Waals surface area contributed by atoms with Crippen LogP contribution >= 0.6 is 0 Å². The van der Waals surface area contributed by atoms with E-state index in [1.54, 1.807) is 24.3 Å². The molecule has 5 N–H and O–H groups in total. The smallest absolute Gasteiger partial charge is 0.251 e. The summed E-state index contributed by atoms with van der Waals surface area (Å²) in [6, 6.07) is 5.58. The van der Waals surface area contributed by atoms with Crippen LogP contribution in [0.25, 0.3) is 0 Å². The molecule has 0 bridgehead atoms. The van der Waals surface area contributed by atoms with Crippen molar-refractivity contribution < 1.29 is 14.7 Å². The van der Waals surface area contributed by atoms with Crippen LogP contribution in [0.5, 0.6) is 0 Å². The molecule has 0 saturated carbocycles. The third-order valence-electron chi connectivity index (χ3n) is 3.55. The minimum absolute atomic E-state index is 0.125. The Morgan fingerprint density at radius 2 is 1.83 bits per heavy atom. The number of aliphatic hydroxyl groups excluding tert-OH is 1. The van der Waals surface area contributed by atoms with E-state index in [1.165, 1.54) is 19.8 Å². The molecule has 128 valence electrons. The second-order valence-corrected chi connectivity index (χ2v) is 5.65. The van der Waals surface area contributed by atoms with Gasteiger partial charge in [0.1, 0.15) is 6.04 Å². The summed E-state index contributed by atoms with van der Waals surface area (Å²) in [5.41, 5.74) is 6.62. The highest BCUT2D eigenvalue weighted by molar-refractivity contribution is 5.97. The van der Waals surface area contributed by atoms with Crippen molar-refractivity contribution in [3.8, 4) is 0 Å². The number of benzene rings is 1. The summed E-state index contributed by atoms with van der Waals surface area (Å²) in [5.74, 6) is -0.590. The first-order valence-corrected chi connectivity index (χ1v) is 8.08. The van der Waals surface area contributed by atoms with Gasteiger partial charge in [0.15, 0.2) is 0 Å². The molecule has 1 aromatic rings. The van der Waals surface area contributed by atoms with Gasteiger partial charge in [-0.2, -0.15) is 0 Å². The number of carbonyl (C=O) groups excluding carboxylic acids is 2. The summed E-state index contributed by atoms with van der Waals surface area (Å²) >= 11 is 0. The van der Waals surface area contributed by atoms with Crippen LogP contribution in [-0.4, -0.2) is 35.6 Å². The lowest BCUT2D eigenvalue weighted by atomic mass is 10.1.